The summed E-state index contributed by atoms with van der Waals surface area (Å²) in [5.41, 5.74) is 7.15. The highest BCUT2D eigenvalue weighted by Crippen LogP contribution is 2.36. The first-order chi connectivity index (χ1) is 15.0. The molecule has 6 nitrogen and oxygen atoms in total. The zero-order valence-corrected chi connectivity index (χ0v) is 19.2. The molecule has 160 valence electrons. The maximum absolute atomic E-state index is 12.1. The second-order valence-electron chi connectivity index (χ2n) is 6.95. The summed E-state index contributed by atoms with van der Waals surface area (Å²) in [5.74, 6) is 1.17. The number of carbonyl (C=O) groups excluding carboxylic acids is 1. The molecular weight excluding hydrogens is 458 g/mol. The van der Waals surface area contributed by atoms with E-state index < -0.39 is 6.03 Å². The molecule has 31 heavy (non-hydrogen) atoms. The van der Waals surface area contributed by atoms with Crippen LogP contribution in [0.25, 0.3) is 0 Å². The Hall–Kier alpha value is -3.32. The fourth-order valence-electron chi connectivity index (χ4n) is 2.94. The number of nitrogens with one attached hydrogen (secondary N) is 2. The average molecular weight is 482 g/mol. The zero-order chi connectivity index (χ0) is 22.2. The Morgan fingerprint density at radius 2 is 1.90 bits per heavy atom. The van der Waals surface area contributed by atoms with Crippen LogP contribution in [0.1, 0.15) is 22.3 Å². The van der Waals surface area contributed by atoms with Crippen molar-refractivity contribution in [2.45, 2.75) is 20.5 Å². The Kier molecular flexibility index (Phi) is 7.67. The van der Waals surface area contributed by atoms with E-state index in [-0.39, 0.29) is 0 Å². The number of benzene rings is 3. The third-order valence-corrected chi connectivity index (χ3v) is 5.08. The fraction of sp³-hybridized carbons (Fsp3) is 0.167. The van der Waals surface area contributed by atoms with Gasteiger partial charge < -0.3 is 14.8 Å². The Morgan fingerprint density at radius 3 is 2.65 bits per heavy atom. The monoisotopic (exact) mass is 481 g/mol. The van der Waals surface area contributed by atoms with Crippen LogP contribution < -0.4 is 20.2 Å². The number of rotatable bonds is 7. The van der Waals surface area contributed by atoms with Crippen LogP contribution >= 0.6 is 15.9 Å². The van der Waals surface area contributed by atoms with Crippen LogP contribution in [-0.4, -0.2) is 19.4 Å². The van der Waals surface area contributed by atoms with Gasteiger partial charge in [-0.2, -0.15) is 5.10 Å². The number of hydrazone groups is 1. The SMILES string of the molecule is COc1cc(C=NNC(=O)Nc2ccccc2C)cc(Br)c1OCc1cccc(C)c1. The van der Waals surface area contributed by atoms with E-state index in [1.54, 1.807) is 13.2 Å². The van der Waals surface area contributed by atoms with Crippen molar-refractivity contribution in [1.82, 2.24) is 5.43 Å². The van der Waals surface area contributed by atoms with E-state index in [2.05, 4.69) is 37.8 Å². The molecule has 2 amide bonds. The molecule has 0 fully saturated rings. The Labute approximate surface area is 190 Å². The number of carbonyl (C=O) groups is 1. The molecule has 0 saturated heterocycles. The van der Waals surface area contributed by atoms with E-state index in [9.17, 15) is 4.79 Å². The average Bonchev–Trinajstić information content (AvgIpc) is 2.74. The normalized spacial score (nSPS) is 10.7. The highest BCUT2D eigenvalue weighted by Gasteiger charge is 2.12. The molecule has 7 heteroatoms. The van der Waals surface area contributed by atoms with E-state index in [1.165, 1.54) is 11.8 Å². The maximum atomic E-state index is 12.1. The van der Waals surface area contributed by atoms with Gasteiger partial charge in [0.1, 0.15) is 6.61 Å². The maximum Gasteiger partial charge on any atom is 0.339 e. The van der Waals surface area contributed by atoms with Gasteiger partial charge >= 0.3 is 6.03 Å². The second kappa shape index (κ2) is 10.6. The summed E-state index contributed by atoms with van der Waals surface area (Å²) in [5, 5.41) is 6.77. The number of aryl methyl sites for hydroxylation is 2. The number of hydrogen-bond acceptors (Lipinski definition) is 4. The number of nitrogens with zero attached hydrogens (tertiary/aromatic N) is 1. The van der Waals surface area contributed by atoms with Crippen molar-refractivity contribution in [2.75, 3.05) is 12.4 Å². The lowest BCUT2D eigenvalue weighted by molar-refractivity contribution is 0.252. The molecule has 0 atom stereocenters. The molecule has 0 aromatic heterocycles. The fourth-order valence-corrected chi connectivity index (χ4v) is 3.51. The van der Waals surface area contributed by atoms with Gasteiger partial charge in [0.2, 0.25) is 0 Å². The minimum atomic E-state index is -0.422. The van der Waals surface area contributed by atoms with Crippen molar-refractivity contribution in [1.29, 1.82) is 0 Å². The van der Waals surface area contributed by atoms with Crippen LogP contribution in [0.4, 0.5) is 10.5 Å². The summed E-state index contributed by atoms with van der Waals surface area (Å²) >= 11 is 3.53. The molecule has 0 bridgehead atoms. The van der Waals surface area contributed by atoms with Crippen LogP contribution in [0, 0.1) is 13.8 Å². The predicted molar refractivity (Wildman–Crippen MR) is 127 cm³/mol. The molecule has 0 heterocycles. The minimum Gasteiger partial charge on any atom is -0.493 e. The summed E-state index contributed by atoms with van der Waals surface area (Å²) < 4.78 is 12.2. The largest absolute Gasteiger partial charge is 0.493 e. The first-order valence-corrected chi connectivity index (χ1v) is 10.5. The zero-order valence-electron chi connectivity index (χ0n) is 17.6. The molecule has 0 aliphatic rings. The summed E-state index contributed by atoms with van der Waals surface area (Å²) in [4.78, 5) is 12.1. The number of hydrogen-bond donors (Lipinski definition) is 2. The lowest BCUT2D eigenvalue weighted by atomic mass is 10.1. The first-order valence-electron chi connectivity index (χ1n) is 9.68. The van der Waals surface area contributed by atoms with Gasteiger partial charge in [-0.1, -0.05) is 48.0 Å². The third-order valence-electron chi connectivity index (χ3n) is 4.49. The van der Waals surface area contributed by atoms with E-state index in [0.717, 1.165) is 26.9 Å². The van der Waals surface area contributed by atoms with Crippen LogP contribution in [0.15, 0.2) is 70.2 Å². The summed E-state index contributed by atoms with van der Waals surface area (Å²) in [6, 6.07) is 18.9. The number of amides is 2. The van der Waals surface area contributed by atoms with E-state index >= 15 is 0 Å². The summed E-state index contributed by atoms with van der Waals surface area (Å²) in [6.45, 7) is 4.39. The van der Waals surface area contributed by atoms with Crippen LogP contribution in [0.3, 0.4) is 0 Å². The molecule has 0 saturated carbocycles. The van der Waals surface area contributed by atoms with Crippen molar-refractivity contribution in [2.24, 2.45) is 5.10 Å². The van der Waals surface area contributed by atoms with E-state index in [0.29, 0.717) is 18.1 Å². The predicted octanol–water partition coefficient (Wildman–Crippen LogP) is 5.81. The van der Waals surface area contributed by atoms with E-state index in [4.69, 9.17) is 9.47 Å². The van der Waals surface area contributed by atoms with Crippen molar-refractivity contribution in [3.05, 3.63) is 87.4 Å². The summed E-state index contributed by atoms with van der Waals surface area (Å²) in [7, 11) is 1.58. The summed E-state index contributed by atoms with van der Waals surface area (Å²) in [6.07, 6.45) is 1.54. The molecule has 3 aromatic carbocycles. The van der Waals surface area contributed by atoms with Gasteiger partial charge in [0.15, 0.2) is 11.5 Å². The molecule has 3 rings (SSSR count). The number of methoxy groups -OCH3 is 1. The Bertz CT molecular complexity index is 1100. The number of para-hydroxylation sites is 1. The van der Waals surface area contributed by atoms with Crippen LogP contribution in [0.5, 0.6) is 11.5 Å². The van der Waals surface area contributed by atoms with Crippen molar-refractivity contribution >= 4 is 33.9 Å². The van der Waals surface area contributed by atoms with Crippen LogP contribution in [-0.2, 0) is 6.61 Å². The number of urea groups is 1. The molecule has 0 spiro atoms. The smallest absolute Gasteiger partial charge is 0.339 e. The van der Waals surface area contributed by atoms with Gasteiger partial charge in [0.05, 0.1) is 17.8 Å². The van der Waals surface area contributed by atoms with Gasteiger partial charge in [-0.25, -0.2) is 10.2 Å². The third kappa shape index (κ3) is 6.33. The second-order valence-corrected chi connectivity index (χ2v) is 7.81. The lowest BCUT2D eigenvalue weighted by Crippen LogP contribution is -2.24. The highest BCUT2D eigenvalue weighted by atomic mass is 79.9. The first kappa shape index (κ1) is 22.4. The minimum absolute atomic E-state index is 0.421. The molecule has 0 unspecified atom stereocenters. The van der Waals surface area contributed by atoms with Gasteiger partial charge in [0, 0.05) is 5.69 Å². The standard InChI is InChI=1S/C24H24BrN3O3/c1-16-7-6-9-18(11-16)15-31-23-20(25)12-19(13-22(23)30-3)14-26-28-24(29)27-21-10-5-4-8-17(21)2/h4-14H,15H2,1-3H3,(H2,27,28,29). The number of anilines is 1. The van der Waals surface area contributed by atoms with Crippen molar-refractivity contribution < 1.29 is 14.3 Å². The van der Waals surface area contributed by atoms with Crippen molar-refractivity contribution in [3.63, 3.8) is 0 Å². The quantitative estimate of drug-likeness (QED) is 0.330. The topological polar surface area (TPSA) is 72.0 Å². The van der Waals surface area contributed by atoms with Crippen molar-refractivity contribution in [3.8, 4) is 11.5 Å². The van der Waals surface area contributed by atoms with Crippen LogP contribution in [0.2, 0.25) is 0 Å². The van der Waals surface area contributed by atoms with Gasteiger partial charge in [-0.15, -0.1) is 0 Å². The Morgan fingerprint density at radius 1 is 1.10 bits per heavy atom. The van der Waals surface area contributed by atoms with Gasteiger partial charge in [-0.05, 0) is 64.7 Å². The molecular formula is C24H24BrN3O3. The Balaban J connectivity index is 1.64. The molecule has 0 aliphatic heterocycles. The highest BCUT2D eigenvalue weighted by molar-refractivity contribution is 9.10. The molecule has 0 aliphatic carbocycles. The van der Waals surface area contributed by atoms with E-state index in [1.807, 2.05) is 62.4 Å². The lowest BCUT2D eigenvalue weighted by Gasteiger charge is -2.14. The molecule has 2 N–H and O–H groups in total. The molecule has 0 radical (unpaired) electrons. The molecule has 3 aromatic rings. The van der Waals surface area contributed by atoms with Gasteiger partial charge in [0.25, 0.3) is 0 Å². The number of ether oxygens (including phenoxy) is 2. The van der Waals surface area contributed by atoms with Gasteiger partial charge in [-0.3, -0.25) is 0 Å². The number of halogens is 1.